The van der Waals surface area contributed by atoms with Crippen LogP contribution in [0.2, 0.25) is 0 Å². The fourth-order valence-corrected chi connectivity index (χ4v) is 4.57. The molecule has 0 unspecified atom stereocenters. The zero-order chi connectivity index (χ0) is 16.3. The molecule has 2 amide bonds. The van der Waals surface area contributed by atoms with Crippen LogP contribution in [-0.2, 0) is 16.0 Å². The van der Waals surface area contributed by atoms with Crippen molar-refractivity contribution in [3.05, 3.63) is 54.1 Å². The van der Waals surface area contributed by atoms with Crippen LogP contribution in [-0.4, -0.2) is 23.9 Å². The van der Waals surface area contributed by atoms with Gasteiger partial charge in [-0.3, -0.25) is 14.9 Å². The molecule has 2 bridgehead atoms. The fraction of sp³-hybridized carbons (Fsp3) is 0.300. The van der Waals surface area contributed by atoms with Gasteiger partial charge in [-0.15, -0.1) is 0 Å². The number of hydrogen-bond acceptors (Lipinski definition) is 3. The number of nitrogens with one attached hydrogen (secondary N) is 1. The van der Waals surface area contributed by atoms with E-state index < -0.39 is 5.54 Å². The van der Waals surface area contributed by atoms with Crippen molar-refractivity contribution in [2.75, 3.05) is 11.4 Å². The van der Waals surface area contributed by atoms with Crippen LogP contribution >= 0.6 is 0 Å². The fourth-order valence-electron chi connectivity index (χ4n) is 4.57. The lowest BCUT2D eigenvalue weighted by atomic mass is 9.63. The number of nitrogens with zero attached hydrogens (tertiary/aromatic N) is 1. The number of carbonyl (C=O) groups is 2. The third-order valence-corrected chi connectivity index (χ3v) is 5.83. The number of piperidine rings is 2. The smallest absolute Gasteiger partial charge is 0.252 e. The maximum absolute atomic E-state index is 12.5. The first-order chi connectivity index (χ1) is 11.7. The van der Waals surface area contributed by atoms with E-state index in [-0.39, 0.29) is 17.7 Å². The van der Waals surface area contributed by atoms with Crippen molar-refractivity contribution in [1.82, 2.24) is 5.32 Å². The molecule has 0 aromatic heterocycles. The zero-order valence-corrected chi connectivity index (χ0v) is 13.3. The van der Waals surface area contributed by atoms with Crippen molar-refractivity contribution in [3.63, 3.8) is 0 Å². The second kappa shape index (κ2) is 4.69. The number of hydrogen-bond donors (Lipinski definition) is 1. The van der Waals surface area contributed by atoms with Crippen molar-refractivity contribution >= 4 is 17.5 Å². The van der Waals surface area contributed by atoms with E-state index in [9.17, 15) is 9.59 Å². The first-order valence-corrected chi connectivity index (χ1v) is 8.49. The molecule has 3 aliphatic heterocycles. The van der Waals surface area contributed by atoms with Crippen molar-refractivity contribution < 1.29 is 9.59 Å². The predicted molar refractivity (Wildman–Crippen MR) is 91.5 cm³/mol. The minimum atomic E-state index is -0.515. The van der Waals surface area contributed by atoms with Crippen LogP contribution in [0.5, 0.6) is 0 Å². The molecule has 2 aromatic rings. The van der Waals surface area contributed by atoms with Crippen LogP contribution in [0.15, 0.2) is 48.5 Å². The van der Waals surface area contributed by atoms with Crippen LogP contribution in [0.4, 0.5) is 5.69 Å². The maximum Gasteiger partial charge on any atom is 0.252 e. The number of benzene rings is 2. The monoisotopic (exact) mass is 318 g/mol. The summed E-state index contributed by atoms with van der Waals surface area (Å²) in [5, 5.41) is 2.55. The van der Waals surface area contributed by atoms with Gasteiger partial charge in [-0.05, 0) is 42.0 Å². The van der Waals surface area contributed by atoms with Gasteiger partial charge in [-0.2, -0.15) is 0 Å². The standard InChI is InChI=1S/C20H18N2O2/c23-18-14-11-20(12-14,19(24)21-18)22-10-9-16-15(7-4-8-17(16)22)13-5-2-1-3-6-13/h1-8,14H,9-12H2,(H,21,23,24). The Labute approximate surface area is 140 Å². The summed E-state index contributed by atoms with van der Waals surface area (Å²) in [7, 11) is 0. The number of imide groups is 1. The van der Waals surface area contributed by atoms with Crippen LogP contribution in [0.3, 0.4) is 0 Å². The highest BCUT2D eigenvalue weighted by atomic mass is 16.2. The van der Waals surface area contributed by atoms with E-state index in [4.69, 9.17) is 0 Å². The van der Waals surface area contributed by atoms with E-state index in [2.05, 4.69) is 52.7 Å². The summed E-state index contributed by atoms with van der Waals surface area (Å²) in [5.74, 6) is -0.212. The van der Waals surface area contributed by atoms with Gasteiger partial charge in [0.1, 0.15) is 5.54 Å². The van der Waals surface area contributed by atoms with Gasteiger partial charge in [-0.25, -0.2) is 0 Å². The second-order valence-corrected chi connectivity index (χ2v) is 7.03. The number of carbonyl (C=O) groups excluding carboxylic acids is 2. The van der Waals surface area contributed by atoms with Crippen molar-refractivity contribution in [1.29, 1.82) is 0 Å². The quantitative estimate of drug-likeness (QED) is 0.866. The number of amides is 2. The maximum atomic E-state index is 12.5. The highest BCUT2D eigenvalue weighted by Crippen LogP contribution is 2.50. The third-order valence-electron chi connectivity index (χ3n) is 5.83. The van der Waals surface area contributed by atoms with Gasteiger partial charge in [0.2, 0.25) is 5.91 Å². The molecule has 3 heterocycles. The van der Waals surface area contributed by atoms with E-state index >= 15 is 0 Å². The molecule has 6 rings (SSSR count). The molecule has 0 radical (unpaired) electrons. The van der Waals surface area contributed by atoms with Gasteiger partial charge in [-0.1, -0.05) is 42.5 Å². The molecule has 2 aromatic carbocycles. The molecule has 4 nitrogen and oxygen atoms in total. The lowest BCUT2D eigenvalue weighted by Gasteiger charge is -2.55. The Kier molecular flexibility index (Phi) is 2.70. The molecule has 4 heteroatoms. The molecule has 4 aliphatic rings. The Balaban J connectivity index is 1.57. The third kappa shape index (κ3) is 1.68. The molecule has 1 N–H and O–H groups in total. The minimum Gasteiger partial charge on any atom is -0.356 e. The molecule has 2 saturated heterocycles. The Morgan fingerprint density at radius 2 is 1.79 bits per heavy atom. The Hall–Kier alpha value is -2.62. The van der Waals surface area contributed by atoms with Gasteiger partial charge in [0.15, 0.2) is 0 Å². The first-order valence-electron chi connectivity index (χ1n) is 8.49. The molecular formula is C20H18N2O2. The summed E-state index contributed by atoms with van der Waals surface area (Å²) >= 11 is 0. The largest absolute Gasteiger partial charge is 0.356 e. The van der Waals surface area contributed by atoms with E-state index in [0.29, 0.717) is 12.8 Å². The molecular weight excluding hydrogens is 300 g/mol. The lowest BCUT2D eigenvalue weighted by Crippen LogP contribution is -2.73. The van der Waals surface area contributed by atoms with E-state index in [1.54, 1.807) is 0 Å². The van der Waals surface area contributed by atoms with Crippen LogP contribution in [0.25, 0.3) is 11.1 Å². The number of fused-ring (bicyclic) bond motifs is 3. The molecule has 120 valence electrons. The summed E-state index contributed by atoms with van der Waals surface area (Å²) in [6, 6.07) is 16.7. The van der Waals surface area contributed by atoms with Crippen LogP contribution < -0.4 is 10.2 Å². The van der Waals surface area contributed by atoms with E-state index in [1.807, 2.05) is 6.07 Å². The van der Waals surface area contributed by atoms with Gasteiger partial charge in [0.25, 0.3) is 5.91 Å². The van der Waals surface area contributed by atoms with Gasteiger partial charge >= 0.3 is 0 Å². The normalized spacial score (nSPS) is 27.5. The number of rotatable bonds is 2. The highest BCUT2D eigenvalue weighted by Gasteiger charge is 2.61. The first kappa shape index (κ1) is 13.8. The second-order valence-electron chi connectivity index (χ2n) is 7.03. The van der Waals surface area contributed by atoms with Crippen LogP contribution in [0.1, 0.15) is 18.4 Å². The highest BCUT2D eigenvalue weighted by molar-refractivity contribution is 6.09. The van der Waals surface area contributed by atoms with E-state index in [1.165, 1.54) is 16.7 Å². The van der Waals surface area contributed by atoms with E-state index in [0.717, 1.165) is 18.7 Å². The van der Waals surface area contributed by atoms with Crippen molar-refractivity contribution in [3.8, 4) is 11.1 Å². The molecule has 1 saturated carbocycles. The summed E-state index contributed by atoms with van der Waals surface area (Å²) in [6.45, 7) is 0.841. The average molecular weight is 318 g/mol. The average Bonchev–Trinajstić information content (AvgIpc) is 2.99. The Morgan fingerprint density at radius 3 is 2.54 bits per heavy atom. The summed E-state index contributed by atoms with van der Waals surface area (Å²) in [5.41, 5.74) is 4.41. The number of anilines is 1. The molecule has 3 fully saturated rings. The molecule has 24 heavy (non-hydrogen) atoms. The van der Waals surface area contributed by atoms with Gasteiger partial charge in [0.05, 0.1) is 0 Å². The zero-order valence-electron chi connectivity index (χ0n) is 13.3. The Morgan fingerprint density at radius 1 is 1.00 bits per heavy atom. The van der Waals surface area contributed by atoms with Crippen LogP contribution in [0, 0.1) is 5.92 Å². The minimum absolute atomic E-state index is 0.00376. The molecule has 0 spiro atoms. The Bertz CT molecular complexity index is 853. The summed E-state index contributed by atoms with van der Waals surface area (Å²) in [6.07, 6.45) is 2.26. The molecule has 1 aliphatic carbocycles. The SMILES string of the molecule is O=C1NC(=O)C2(N3CCc4c(-c5ccccc5)cccc43)CC1C2. The summed E-state index contributed by atoms with van der Waals surface area (Å²) in [4.78, 5) is 26.5. The lowest BCUT2D eigenvalue weighted by molar-refractivity contribution is -0.150. The molecule has 0 atom stereocenters. The van der Waals surface area contributed by atoms with Crippen molar-refractivity contribution in [2.45, 2.75) is 24.8 Å². The topological polar surface area (TPSA) is 49.4 Å². The van der Waals surface area contributed by atoms with Crippen molar-refractivity contribution in [2.24, 2.45) is 5.92 Å². The van der Waals surface area contributed by atoms with Gasteiger partial charge in [0, 0.05) is 18.2 Å². The van der Waals surface area contributed by atoms with Gasteiger partial charge < -0.3 is 4.90 Å². The summed E-state index contributed by atoms with van der Waals surface area (Å²) < 4.78 is 0. The predicted octanol–water partition coefficient (Wildman–Crippen LogP) is 2.52.